The summed E-state index contributed by atoms with van der Waals surface area (Å²) in [7, 11) is 0. The fourth-order valence-electron chi connectivity index (χ4n) is 1.73. The number of hydrogen-bond donors (Lipinski definition) is 2. The van der Waals surface area contributed by atoms with Gasteiger partial charge in [0.2, 0.25) is 6.79 Å². The molecule has 0 fully saturated rings. The molecule has 21 heavy (non-hydrogen) atoms. The van der Waals surface area contributed by atoms with E-state index >= 15 is 0 Å². The molecule has 0 saturated carbocycles. The molecule has 1 aliphatic heterocycles. The SMILES string of the molecule is O=C(NCCOc1ccc2c(c1)OCO2)Nc1nccs1. The number of nitrogens with one attached hydrogen (secondary N) is 2. The van der Waals surface area contributed by atoms with Gasteiger partial charge in [-0.05, 0) is 12.1 Å². The quantitative estimate of drug-likeness (QED) is 0.826. The molecule has 2 amide bonds. The minimum absolute atomic E-state index is 0.233. The Morgan fingerprint density at radius 1 is 1.38 bits per heavy atom. The number of benzene rings is 1. The minimum atomic E-state index is -0.306. The predicted molar refractivity (Wildman–Crippen MR) is 77.2 cm³/mol. The second kappa shape index (κ2) is 6.31. The van der Waals surface area contributed by atoms with E-state index in [9.17, 15) is 4.79 Å². The monoisotopic (exact) mass is 307 g/mol. The van der Waals surface area contributed by atoms with Crippen LogP contribution in [-0.4, -0.2) is 31.0 Å². The number of anilines is 1. The molecule has 0 unspecified atom stereocenters. The van der Waals surface area contributed by atoms with Gasteiger partial charge < -0.3 is 19.5 Å². The van der Waals surface area contributed by atoms with Gasteiger partial charge in [0.1, 0.15) is 12.4 Å². The number of fused-ring (bicyclic) bond motifs is 1. The number of aromatic nitrogens is 1. The Bertz CT molecular complexity index is 618. The van der Waals surface area contributed by atoms with Gasteiger partial charge >= 0.3 is 6.03 Å². The largest absolute Gasteiger partial charge is 0.492 e. The summed E-state index contributed by atoms with van der Waals surface area (Å²) < 4.78 is 16.0. The van der Waals surface area contributed by atoms with Crippen LogP contribution in [0.1, 0.15) is 0 Å². The lowest BCUT2D eigenvalue weighted by atomic mass is 10.3. The molecule has 2 N–H and O–H groups in total. The average Bonchev–Trinajstić information content (AvgIpc) is 3.14. The number of ether oxygens (including phenoxy) is 3. The molecule has 0 radical (unpaired) electrons. The van der Waals surface area contributed by atoms with Crippen molar-refractivity contribution in [2.75, 3.05) is 25.3 Å². The van der Waals surface area contributed by atoms with Crippen LogP contribution in [0, 0.1) is 0 Å². The van der Waals surface area contributed by atoms with Crippen molar-refractivity contribution in [3.63, 3.8) is 0 Å². The van der Waals surface area contributed by atoms with E-state index in [2.05, 4.69) is 15.6 Å². The Kier molecular flexibility index (Phi) is 4.06. The second-order valence-corrected chi connectivity index (χ2v) is 4.98. The molecule has 0 spiro atoms. The molecule has 8 heteroatoms. The maximum absolute atomic E-state index is 11.5. The van der Waals surface area contributed by atoms with E-state index in [1.165, 1.54) is 11.3 Å². The number of amides is 2. The predicted octanol–water partition coefficient (Wildman–Crippen LogP) is 2.07. The molecule has 1 aromatic carbocycles. The highest BCUT2D eigenvalue weighted by Crippen LogP contribution is 2.34. The van der Waals surface area contributed by atoms with Gasteiger partial charge in [0.15, 0.2) is 16.6 Å². The molecule has 0 saturated heterocycles. The Morgan fingerprint density at radius 2 is 2.29 bits per heavy atom. The molecule has 7 nitrogen and oxygen atoms in total. The molecule has 0 atom stereocenters. The summed E-state index contributed by atoms with van der Waals surface area (Å²) in [5, 5.41) is 7.65. The first-order chi connectivity index (χ1) is 10.3. The maximum Gasteiger partial charge on any atom is 0.321 e. The lowest BCUT2D eigenvalue weighted by molar-refractivity contribution is 0.173. The summed E-state index contributed by atoms with van der Waals surface area (Å²) in [6.45, 7) is 0.966. The fraction of sp³-hybridized carbons (Fsp3) is 0.231. The Labute approximate surface area is 124 Å². The van der Waals surface area contributed by atoms with Crippen LogP contribution in [0.25, 0.3) is 0 Å². The minimum Gasteiger partial charge on any atom is -0.492 e. The summed E-state index contributed by atoms with van der Waals surface area (Å²) in [4.78, 5) is 15.5. The van der Waals surface area contributed by atoms with Gasteiger partial charge in [0.05, 0.1) is 6.54 Å². The fourth-order valence-corrected chi connectivity index (χ4v) is 2.25. The van der Waals surface area contributed by atoms with E-state index < -0.39 is 0 Å². The highest BCUT2D eigenvalue weighted by Gasteiger charge is 2.13. The molecule has 2 heterocycles. The Balaban J connectivity index is 1.39. The van der Waals surface area contributed by atoms with Gasteiger partial charge in [-0.3, -0.25) is 5.32 Å². The van der Waals surface area contributed by atoms with Crippen LogP contribution in [0.4, 0.5) is 9.93 Å². The lowest BCUT2D eigenvalue weighted by Gasteiger charge is -2.08. The van der Waals surface area contributed by atoms with Crippen molar-refractivity contribution in [1.29, 1.82) is 0 Å². The normalized spacial score (nSPS) is 12.0. The highest BCUT2D eigenvalue weighted by atomic mass is 32.1. The molecule has 2 aromatic rings. The van der Waals surface area contributed by atoms with Crippen LogP contribution in [0.15, 0.2) is 29.8 Å². The molecule has 1 aromatic heterocycles. The van der Waals surface area contributed by atoms with Gasteiger partial charge in [-0.25, -0.2) is 9.78 Å². The third-order valence-corrected chi connectivity index (χ3v) is 3.34. The third kappa shape index (κ3) is 3.54. The van der Waals surface area contributed by atoms with Crippen molar-refractivity contribution in [1.82, 2.24) is 10.3 Å². The van der Waals surface area contributed by atoms with E-state index in [0.717, 1.165) is 0 Å². The first-order valence-electron chi connectivity index (χ1n) is 6.28. The molecular weight excluding hydrogens is 294 g/mol. The average molecular weight is 307 g/mol. The number of thiazole rings is 1. The van der Waals surface area contributed by atoms with Gasteiger partial charge in [-0.1, -0.05) is 0 Å². The topological polar surface area (TPSA) is 81.7 Å². The van der Waals surface area contributed by atoms with E-state index in [1.807, 2.05) is 0 Å². The maximum atomic E-state index is 11.5. The summed E-state index contributed by atoms with van der Waals surface area (Å²) in [6, 6.07) is 5.04. The van der Waals surface area contributed by atoms with E-state index in [-0.39, 0.29) is 12.8 Å². The second-order valence-electron chi connectivity index (χ2n) is 4.08. The van der Waals surface area contributed by atoms with E-state index in [0.29, 0.717) is 35.5 Å². The van der Waals surface area contributed by atoms with Crippen molar-refractivity contribution < 1.29 is 19.0 Å². The van der Waals surface area contributed by atoms with E-state index in [4.69, 9.17) is 14.2 Å². The highest BCUT2D eigenvalue weighted by molar-refractivity contribution is 7.13. The summed E-state index contributed by atoms with van der Waals surface area (Å²) >= 11 is 1.36. The van der Waals surface area contributed by atoms with Crippen molar-refractivity contribution in [3.8, 4) is 17.2 Å². The number of carbonyl (C=O) groups excluding carboxylic acids is 1. The molecule has 0 bridgehead atoms. The Hall–Kier alpha value is -2.48. The number of carbonyl (C=O) groups is 1. The molecular formula is C13H13N3O4S. The molecule has 3 rings (SSSR count). The smallest absolute Gasteiger partial charge is 0.321 e. The zero-order valence-corrected chi connectivity index (χ0v) is 11.8. The standard InChI is InChI=1S/C13H13N3O4S/c17-12(16-13-15-4-6-21-13)14-3-5-18-9-1-2-10-11(7-9)20-8-19-10/h1-2,4,6-7H,3,5,8H2,(H2,14,15,16,17). The number of urea groups is 1. The number of nitrogens with zero attached hydrogens (tertiary/aromatic N) is 1. The van der Waals surface area contributed by atoms with Gasteiger partial charge in [0.25, 0.3) is 0 Å². The Morgan fingerprint density at radius 3 is 3.14 bits per heavy atom. The van der Waals surface area contributed by atoms with Crippen LogP contribution >= 0.6 is 11.3 Å². The van der Waals surface area contributed by atoms with Crippen molar-refractivity contribution in [3.05, 3.63) is 29.8 Å². The van der Waals surface area contributed by atoms with Gasteiger partial charge in [-0.15, -0.1) is 11.3 Å². The van der Waals surface area contributed by atoms with Crippen LogP contribution in [0.5, 0.6) is 17.2 Å². The van der Waals surface area contributed by atoms with Crippen molar-refractivity contribution in [2.24, 2.45) is 0 Å². The summed E-state index contributed by atoms with van der Waals surface area (Å²) in [5.74, 6) is 2.05. The number of rotatable bonds is 5. The van der Waals surface area contributed by atoms with Gasteiger partial charge in [0, 0.05) is 17.6 Å². The molecule has 1 aliphatic rings. The van der Waals surface area contributed by atoms with Gasteiger partial charge in [-0.2, -0.15) is 0 Å². The first kappa shape index (κ1) is 13.5. The zero-order valence-electron chi connectivity index (χ0n) is 11.0. The number of hydrogen-bond acceptors (Lipinski definition) is 6. The van der Waals surface area contributed by atoms with Crippen LogP contribution in [0.3, 0.4) is 0 Å². The molecule has 110 valence electrons. The van der Waals surface area contributed by atoms with Crippen molar-refractivity contribution >= 4 is 22.5 Å². The van der Waals surface area contributed by atoms with Crippen molar-refractivity contribution in [2.45, 2.75) is 0 Å². The van der Waals surface area contributed by atoms with Crippen LogP contribution in [0.2, 0.25) is 0 Å². The zero-order chi connectivity index (χ0) is 14.5. The first-order valence-corrected chi connectivity index (χ1v) is 7.16. The van der Waals surface area contributed by atoms with Crippen LogP contribution < -0.4 is 24.8 Å². The summed E-state index contributed by atoms with van der Waals surface area (Å²) in [6.07, 6.45) is 1.63. The third-order valence-electron chi connectivity index (χ3n) is 2.65. The van der Waals surface area contributed by atoms with Crippen LogP contribution in [-0.2, 0) is 0 Å². The lowest BCUT2D eigenvalue weighted by Crippen LogP contribution is -2.32. The van der Waals surface area contributed by atoms with E-state index in [1.54, 1.807) is 29.8 Å². The summed E-state index contributed by atoms with van der Waals surface area (Å²) in [5.41, 5.74) is 0. The molecule has 0 aliphatic carbocycles.